The van der Waals surface area contributed by atoms with Gasteiger partial charge in [0.15, 0.2) is 12.5 Å². The molecule has 0 aliphatic heterocycles. The first-order valence-electron chi connectivity index (χ1n) is 11.3. The second-order valence-electron chi connectivity index (χ2n) is 9.18. The van der Waals surface area contributed by atoms with Crippen LogP contribution in [-0.4, -0.2) is 34.4 Å². The fourth-order valence-corrected chi connectivity index (χ4v) is 9.94. The third kappa shape index (κ3) is 7.28. The standard InChI is InChI=1S/C26H39O5Si.Li/c1-18(2)32(19(3)4,20(5)6)31-26-16-22(12-13-25(26)29-8)24(27)15-21-10-9-11-23(14-21)30-17-28-7;/h10-14,16,18-20,24,27H,15,17H2,1-8H3;/q-1;+1/t24-;/m1./s1. The molecule has 0 amide bonds. The van der Waals surface area contributed by atoms with Crippen LogP contribution >= 0.6 is 0 Å². The van der Waals surface area contributed by atoms with Crippen LogP contribution in [0.2, 0.25) is 16.6 Å². The molecule has 0 aliphatic carbocycles. The van der Waals surface area contributed by atoms with Crippen molar-refractivity contribution in [3.8, 4) is 17.2 Å². The minimum absolute atomic E-state index is 0. The van der Waals surface area contributed by atoms with Gasteiger partial charge in [0.2, 0.25) is 0 Å². The minimum Gasteiger partial charge on any atom is -0.540 e. The molecule has 0 aromatic heterocycles. The summed E-state index contributed by atoms with van der Waals surface area (Å²) in [5, 5.41) is 11.0. The number of aliphatic hydroxyl groups excluding tert-OH is 1. The predicted molar refractivity (Wildman–Crippen MR) is 131 cm³/mol. The molecular weight excluding hydrogens is 427 g/mol. The van der Waals surface area contributed by atoms with E-state index < -0.39 is 14.4 Å². The number of hydrogen-bond donors (Lipinski definition) is 1. The summed E-state index contributed by atoms with van der Waals surface area (Å²) in [4.78, 5) is 0. The summed E-state index contributed by atoms with van der Waals surface area (Å²) in [5.74, 6) is 2.08. The van der Waals surface area contributed by atoms with Gasteiger partial charge >= 0.3 is 18.9 Å². The average Bonchev–Trinajstić information content (AvgIpc) is 2.75. The SMILES string of the molecule is COCOc1c[c-]cc(C[C@@H](O)c2ccc(OC)c(O[Si](C(C)C)(C(C)C)C(C)C)c2)c1.[Li+]. The average molecular weight is 467 g/mol. The van der Waals surface area contributed by atoms with Crippen LogP contribution in [0.5, 0.6) is 17.2 Å². The summed E-state index contributed by atoms with van der Waals surface area (Å²) < 4.78 is 22.9. The summed E-state index contributed by atoms with van der Waals surface area (Å²) in [7, 11) is 1.07. The number of rotatable bonds is 12. The topological polar surface area (TPSA) is 57.2 Å². The van der Waals surface area contributed by atoms with Crippen molar-refractivity contribution < 1.29 is 42.6 Å². The summed E-state index contributed by atoms with van der Waals surface area (Å²) in [5.41, 5.74) is 3.03. The zero-order valence-electron chi connectivity index (χ0n) is 21.8. The molecule has 0 bridgehead atoms. The monoisotopic (exact) mass is 466 g/mol. The fourth-order valence-electron chi connectivity index (χ4n) is 4.69. The van der Waals surface area contributed by atoms with Crippen LogP contribution in [0.1, 0.15) is 58.8 Å². The summed E-state index contributed by atoms with van der Waals surface area (Å²) in [6.07, 6.45) is -0.254. The first-order valence-corrected chi connectivity index (χ1v) is 13.5. The van der Waals surface area contributed by atoms with Gasteiger partial charge < -0.3 is 23.7 Å². The van der Waals surface area contributed by atoms with Crippen LogP contribution in [0.3, 0.4) is 0 Å². The third-order valence-electron chi connectivity index (χ3n) is 6.16. The van der Waals surface area contributed by atoms with E-state index in [9.17, 15) is 5.11 Å². The van der Waals surface area contributed by atoms with E-state index in [1.165, 1.54) is 0 Å². The molecule has 178 valence electrons. The molecule has 2 rings (SSSR count). The molecular formula is C26H39LiO5Si. The minimum atomic E-state index is -2.16. The summed E-state index contributed by atoms with van der Waals surface area (Å²) >= 11 is 0. The van der Waals surface area contributed by atoms with E-state index in [-0.39, 0.29) is 25.7 Å². The Balaban J connectivity index is 0.00000544. The number of methoxy groups -OCH3 is 2. The Morgan fingerprint density at radius 2 is 1.55 bits per heavy atom. The molecule has 7 heteroatoms. The first-order chi connectivity index (χ1) is 15.1. The largest absolute Gasteiger partial charge is 1.00 e. The molecule has 1 N–H and O–H groups in total. The van der Waals surface area contributed by atoms with Gasteiger partial charge in [-0.05, 0) is 40.7 Å². The van der Waals surface area contributed by atoms with E-state index in [2.05, 4.69) is 47.6 Å². The van der Waals surface area contributed by atoms with Crippen LogP contribution in [0, 0.1) is 6.07 Å². The molecule has 0 spiro atoms. The molecule has 33 heavy (non-hydrogen) atoms. The zero-order valence-corrected chi connectivity index (χ0v) is 22.8. The molecule has 0 saturated carbocycles. The maximum atomic E-state index is 11.0. The predicted octanol–water partition coefficient (Wildman–Crippen LogP) is 3.31. The summed E-state index contributed by atoms with van der Waals surface area (Å²) in [6.45, 7) is 13.7. The second-order valence-corrected chi connectivity index (χ2v) is 14.6. The van der Waals surface area contributed by atoms with Crippen molar-refractivity contribution in [3.63, 3.8) is 0 Å². The Morgan fingerprint density at radius 1 is 0.909 bits per heavy atom. The zero-order chi connectivity index (χ0) is 23.9. The molecule has 0 unspecified atom stereocenters. The molecule has 0 fully saturated rings. The maximum Gasteiger partial charge on any atom is 1.00 e. The Hall–Kier alpha value is -1.43. The Bertz CT molecular complexity index is 835. The van der Waals surface area contributed by atoms with Crippen LogP contribution < -0.4 is 32.8 Å². The van der Waals surface area contributed by atoms with Gasteiger partial charge in [-0.25, -0.2) is 0 Å². The van der Waals surface area contributed by atoms with E-state index in [0.717, 1.165) is 16.9 Å². The van der Waals surface area contributed by atoms with E-state index >= 15 is 0 Å². The van der Waals surface area contributed by atoms with E-state index in [4.69, 9.17) is 18.6 Å². The van der Waals surface area contributed by atoms with Crippen LogP contribution in [0.4, 0.5) is 0 Å². The van der Waals surface area contributed by atoms with Crippen molar-refractivity contribution in [2.45, 2.75) is 70.7 Å². The van der Waals surface area contributed by atoms with E-state index in [0.29, 0.717) is 34.5 Å². The molecule has 1 atom stereocenters. The maximum absolute atomic E-state index is 11.0. The second kappa shape index (κ2) is 13.5. The van der Waals surface area contributed by atoms with Crippen molar-refractivity contribution in [3.05, 3.63) is 53.6 Å². The van der Waals surface area contributed by atoms with E-state index in [1.54, 1.807) is 20.3 Å². The van der Waals surface area contributed by atoms with Gasteiger partial charge in [0, 0.05) is 12.9 Å². The molecule has 5 nitrogen and oxygen atoms in total. The molecule has 0 aliphatic rings. The smallest absolute Gasteiger partial charge is 0.540 e. The van der Waals surface area contributed by atoms with Gasteiger partial charge in [0.25, 0.3) is 8.32 Å². The van der Waals surface area contributed by atoms with Gasteiger partial charge in [0.1, 0.15) is 5.75 Å². The normalized spacial score (nSPS) is 12.6. The van der Waals surface area contributed by atoms with Crippen LogP contribution in [0.15, 0.2) is 36.4 Å². The van der Waals surface area contributed by atoms with Crippen molar-refractivity contribution in [1.82, 2.24) is 0 Å². The molecule has 2 aromatic rings. The third-order valence-corrected chi connectivity index (χ3v) is 12.1. The molecule has 0 radical (unpaired) electrons. The van der Waals surface area contributed by atoms with Gasteiger partial charge in [-0.2, -0.15) is 12.1 Å². The van der Waals surface area contributed by atoms with Crippen LogP contribution in [0.25, 0.3) is 0 Å². The van der Waals surface area contributed by atoms with Gasteiger partial charge in [-0.15, -0.1) is 17.7 Å². The quantitative estimate of drug-likeness (QED) is 0.296. The Morgan fingerprint density at radius 3 is 2.09 bits per heavy atom. The van der Waals surface area contributed by atoms with Gasteiger partial charge in [0.05, 0.1) is 13.2 Å². The van der Waals surface area contributed by atoms with Crippen molar-refractivity contribution in [1.29, 1.82) is 0 Å². The van der Waals surface area contributed by atoms with E-state index in [1.807, 2.05) is 30.3 Å². The molecule has 0 saturated heterocycles. The number of hydrogen-bond acceptors (Lipinski definition) is 5. The van der Waals surface area contributed by atoms with Crippen molar-refractivity contribution in [2.75, 3.05) is 21.0 Å². The number of benzene rings is 2. The fraction of sp³-hybridized carbons (Fsp3) is 0.538. The Kier molecular flexibility index (Phi) is 12.1. The number of ether oxygens (including phenoxy) is 3. The Labute approximate surface area is 213 Å². The van der Waals surface area contributed by atoms with Gasteiger partial charge in [-0.1, -0.05) is 47.6 Å². The van der Waals surface area contributed by atoms with Gasteiger partial charge in [-0.3, -0.25) is 0 Å². The molecule has 0 heterocycles. The summed E-state index contributed by atoms with van der Waals surface area (Å²) in [6, 6.07) is 14.3. The number of aliphatic hydroxyl groups is 1. The van der Waals surface area contributed by atoms with Crippen molar-refractivity contribution in [2.24, 2.45) is 0 Å². The first kappa shape index (κ1) is 29.6. The van der Waals surface area contributed by atoms with Crippen LogP contribution in [-0.2, 0) is 11.2 Å². The molecule has 2 aromatic carbocycles. The van der Waals surface area contributed by atoms with Crippen molar-refractivity contribution >= 4 is 8.32 Å².